The maximum atomic E-state index is 11.6. The molecule has 0 aromatic carbocycles. The minimum Gasteiger partial charge on any atom is -0.252 e. The molecule has 1 N–H and O–H groups in total. The van der Waals surface area contributed by atoms with Crippen LogP contribution in [-0.2, 0) is 10.0 Å². The van der Waals surface area contributed by atoms with Crippen molar-refractivity contribution < 1.29 is 8.42 Å². The molecular formula is C7H12N2O2S2. The lowest BCUT2D eigenvalue weighted by molar-refractivity contribution is 0.492. The van der Waals surface area contributed by atoms with Crippen molar-refractivity contribution in [2.45, 2.75) is 30.5 Å². The topological polar surface area (TPSA) is 59.1 Å². The minimum absolute atomic E-state index is 0.252. The number of nitrogens with zero attached hydrogens (tertiary/aromatic N) is 1. The molecule has 1 aromatic heterocycles. The van der Waals surface area contributed by atoms with E-state index in [-0.39, 0.29) is 4.21 Å². The summed E-state index contributed by atoms with van der Waals surface area (Å²) in [6.07, 6.45) is 1.35. The first-order valence-electron chi connectivity index (χ1n) is 3.74. The van der Waals surface area contributed by atoms with Gasteiger partial charge in [-0.3, -0.25) is 4.98 Å². The van der Waals surface area contributed by atoms with E-state index in [1.54, 1.807) is 20.8 Å². The third-order valence-corrected chi connectivity index (χ3v) is 4.14. The molecule has 0 aliphatic heterocycles. The molecule has 1 heterocycles. The lowest BCUT2D eigenvalue weighted by Crippen LogP contribution is -2.40. The summed E-state index contributed by atoms with van der Waals surface area (Å²) in [5, 5.41) is 0. The van der Waals surface area contributed by atoms with Crippen LogP contribution in [-0.4, -0.2) is 18.9 Å². The molecule has 0 aliphatic carbocycles. The minimum atomic E-state index is -3.37. The van der Waals surface area contributed by atoms with Crippen LogP contribution in [0, 0.1) is 0 Å². The third kappa shape index (κ3) is 3.06. The van der Waals surface area contributed by atoms with Gasteiger partial charge >= 0.3 is 0 Å². The van der Waals surface area contributed by atoms with E-state index in [0.717, 1.165) is 11.3 Å². The highest BCUT2D eigenvalue weighted by Crippen LogP contribution is 2.15. The Morgan fingerprint density at radius 2 is 2.08 bits per heavy atom. The van der Waals surface area contributed by atoms with Gasteiger partial charge in [-0.05, 0) is 20.8 Å². The number of rotatable bonds is 2. The number of hydrogen-bond acceptors (Lipinski definition) is 4. The summed E-state index contributed by atoms with van der Waals surface area (Å²) in [5.41, 5.74) is 1.04. The maximum absolute atomic E-state index is 11.6. The standard InChI is InChI=1S/C7H12N2O2S2/c1-7(2,3)9-13(10,11)6-4-8-5-12-6/h4-5,9H,1-3H3. The molecule has 0 saturated carbocycles. The number of aromatic nitrogens is 1. The van der Waals surface area contributed by atoms with Gasteiger partial charge in [-0.2, -0.15) is 0 Å². The van der Waals surface area contributed by atoms with Gasteiger partial charge in [-0.25, -0.2) is 13.1 Å². The fourth-order valence-electron chi connectivity index (χ4n) is 0.790. The van der Waals surface area contributed by atoms with Crippen molar-refractivity contribution in [3.63, 3.8) is 0 Å². The van der Waals surface area contributed by atoms with Gasteiger partial charge < -0.3 is 0 Å². The average molecular weight is 220 g/mol. The van der Waals surface area contributed by atoms with Gasteiger partial charge in [-0.15, -0.1) is 11.3 Å². The summed E-state index contributed by atoms with van der Waals surface area (Å²) < 4.78 is 25.9. The van der Waals surface area contributed by atoms with Crippen molar-refractivity contribution >= 4 is 21.4 Å². The molecule has 0 amide bonds. The summed E-state index contributed by atoms with van der Waals surface area (Å²) in [7, 11) is -3.37. The number of hydrogen-bond donors (Lipinski definition) is 1. The molecule has 0 fully saturated rings. The first kappa shape index (κ1) is 10.6. The zero-order valence-electron chi connectivity index (χ0n) is 7.73. The Bertz CT molecular complexity index is 362. The second-order valence-electron chi connectivity index (χ2n) is 3.68. The van der Waals surface area contributed by atoms with Crippen LogP contribution in [0.4, 0.5) is 0 Å². The molecule has 0 unspecified atom stereocenters. The van der Waals surface area contributed by atoms with E-state index in [0.29, 0.717) is 0 Å². The molecule has 0 atom stereocenters. The summed E-state index contributed by atoms with van der Waals surface area (Å²) in [6, 6.07) is 0. The molecule has 1 aromatic rings. The second-order valence-corrected chi connectivity index (χ2v) is 6.47. The van der Waals surface area contributed by atoms with Crippen LogP contribution < -0.4 is 4.72 Å². The second kappa shape index (κ2) is 3.36. The SMILES string of the molecule is CC(C)(C)NS(=O)(=O)c1cncs1. The smallest absolute Gasteiger partial charge is 0.252 e. The fourth-order valence-corrected chi connectivity index (χ4v) is 3.00. The van der Waals surface area contributed by atoms with Gasteiger partial charge in [0.2, 0.25) is 0 Å². The molecule has 0 bridgehead atoms. The summed E-state index contributed by atoms with van der Waals surface area (Å²) >= 11 is 1.11. The van der Waals surface area contributed by atoms with Crippen LogP contribution in [0.1, 0.15) is 20.8 Å². The highest BCUT2D eigenvalue weighted by molar-refractivity contribution is 7.91. The highest BCUT2D eigenvalue weighted by atomic mass is 32.2. The number of sulfonamides is 1. The fraction of sp³-hybridized carbons (Fsp3) is 0.571. The summed E-state index contributed by atoms with van der Waals surface area (Å²) in [4.78, 5) is 3.72. The van der Waals surface area contributed by atoms with Gasteiger partial charge in [0.15, 0.2) is 4.21 Å². The summed E-state index contributed by atoms with van der Waals surface area (Å²) in [6.45, 7) is 5.39. The van der Waals surface area contributed by atoms with E-state index in [9.17, 15) is 8.42 Å². The van der Waals surface area contributed by atoms with Crippen molar-refractivity contribution in [1.29, 1.82) is 0 Å². The van der Waals surface area contributed by atoms with Crippen molar-refractivity contribution in [2.24, 2.45) is 0 Å². The Morgan fingerprint density at radius 3 is 2.46 bits per heavy atom. The lowest BCUT2D eigenvalue weighted by Gasteiger charge is -2.19. The Labute approximate surface area is 82.1 Å². The molecule has 6 heteroatoms. The molecule has 0 aliphatic rings. The van der Waals surface area contributed by atoms with Crippen LogP contribution >= 0.6 is 11.3 Å². The van der Waals surface area contributed by atoms with Gasteiger partial charge in [-0.1, -0.05) is 0 Å². The monoisotopic (exact) mass is 220 g/mol. The molecule has 13 heavy (non-hydrogen) atoms. The Kier molecular flexibility index (Phi) is 2.74. The zero-order valence-corrected chi connectivity index (χ0v) is 9.37. The van der Waals surface area contributed by atoms with Crippen molar-refractivity contribution in [3.8, 4) is 0 Å². The van der Waals surface area contributed by atoms with Crippen LogP contribution in [0.15, 0.2) is 15.9 Å². The quantitative estimate of drug-likeness (QED) is 0.815. The van der Waals surface area contributed by atoms with Crippen LogP contribution in [0.5, 0.6) is 0 Å². The molecule has 4 nitrogen and oxygen atoms in total. The molecule has 74 valence electrons. The van der Waals surface area contributed by atoms with Gasteiger partial charge in [0.1, 0.15) is 0 Å². The molecular weight excluding hydrogens is 208 g/mol. The first-order chi connectivity index (χ1) is 5.81. The first-order valence-corrected chi connectivity index (χ1v) is 6.10. The normalized spacial score (nSPS) is 13.2. The van der Waals surface area contributed by atoms with Gasteiger partial charge in [0.25, 0.3) is 10.0 Å². The predicted molar refractivity (Wildman–Crippen MR) is 52.2 cm³/mol. The highest BCUT2D eigenvalue weighted by Gasteiger charge is 2.22. The molecule has 0 radical (unpaired) electrons. The maximum Gasteiger partial charge on any atom is 0.252 e. The zero-order chi connectivity index (χ0) is 10.1. The van der Waals surface area contributed by atoms with Crippen molar-refractivity contribution in [3.05, 3.63) is 11.7 Å². The number of thiazole rings is 1. The predicted octanol–water partition coefficient (Wildman–Crippen LogP) is 1.22. The molecule has 0 saturated heterocycles. The van der Waals surface area contributed by atoms with Crippen LogP contribution in [0.25, 0.3) is 0 Å². The van der Waals surface area contributed by atoms with Crippen LogP contribution in [0.3, 0.4) is 0 Å². The Morgan fingerprint density at radius 1 is 1.46 bits per heavy atom. The van der Waals surface area contributed by atoms with E-state index in [1.807, 2.05) is 0 Å². The van der Waals surface area contributed by atoms with Crippen molar-refractivity contribution in [1.82, 2.24) is 9.71 Å². The Balaban J connectivity index is 2.93. The van der Waals surface area contributed by atoms with E-state index >= 15 is 0 Å². The van der Waals surface area contributed by atoms with Crippen molar-refractivity contribution in [2.75, 3.05) is 0 Å². The third-order valence-electron chi connectivity index (χ3n) is 1.12. The van der Waals surface area contributed by atoms with E-state index in [1.165, 1.54) is 11.7 Å². The molecule has 0 spiro atoms. The Hall–Kier alpha value is -0.460. The van der Waals surface area contributed by atoms with E-state index in [2.05, 4.69) is 9.71 Å². The van der Waals surface area contributed by atoms with E-state index < -0.39 is 15.6 Å². The lowest BCUT2D eigenvalue weighted by atomic mass is 10.1. The average Bonchev–Trinajstić information content (AvgIpc) is 2.29. The largest absolute Gasteiger partial charge is 0.252 e. The number of nitrogens with one attached hydrogen (secondary N) is 1. The van der Waals surface area contributed by atoms with E-state index in [4.69, 9.17) is 0 Å². The van der Waals surface area contributed by atoms with Gasteiger partial charge in [0, 0.05) is 5.54 Å². The van der Waals surface area contributed by atoms with Gasteiger partial charge in [0.05, 0.1) is 11.7 Å². The molecule has 1 rings (SSSR count). The van der Waals surface area contributed by atoms with Crippen LogP contribution in [0.2, 0.25) is 0 Å². The summed E-state index contributed by atoms with van der Waals surface area (Å²) in [5.74, 6) is 0.